The van der Waals surface area contributed by atoms with Gasteiger partial charge in [-0.2, -0.15) is 0 Å². The molecule has 0 fully saturated rings. The molecule has 130 valence electrons. The minimum absolute atomic E-state index is 0.0352. The summed E-state index contributed by atoms with van der Waals surface area (Å²) in [4.78, 5) is 16.1. The molecule has 0 saturated heterocycles. The van der Waals surface area contributed by atoms with Gasteiger partial charge in [0.2, 0.25) is 0 Å². The Kier molecular flexibility index (Phi) is 7.89. The van der Waals surface area contributed by atoms with E-state index in [4.69, 9.17) is 4.74 Å². The fraction of sp³-hybridized carbons (Fsp3) is 0.611. The van der Waals surface area contributed by atoms with Crippen LogP contribution in [-0.2, 0) is 0 Å². The van der Waals surface area contributed by atoms with Crippen molar-refractivity contribution in [1.29, 1.82) is 0 Å². The van der Waals surface area contributed by atoms with E-state index in [0.717, 1.165) is 23.4 Å². The summed E-state index contributed by atoms with van der Waals surface area (Å²) in [7, 11) is 3.98. The van der Waals surface area contributed by atoms with Crippen molar-refractivity contribution in [3.63, 3.8) is 0 Å². The van der Waals surface area contributed by atoms with Gasteiger partial charge < -0.3 is 19.9 Å². The summed E-state index contributed by atoms with van der Waals surface area (Å²) in [5.41, 5.74) is 2.24. The Hall–Kier alpha value is -1.75. The molecule has 0 aliphatic carbocycles. The monoisotopic (exact) mass is 321 g/mol. The molecule has 1 rings (SSSR count). The molecule has 0 aliphatic heterocycles. The van der Waals surface area contributed by atoms with Crippen LogP contribution in [0.1, 0.15) is 25.0 Å². The number of benzene rings is 1. The first kappa shape index (κ1) is 19.3. The summed E-state index contributed by atoms with van der Waals surface area (Å²) in [6.07, 6.45) is 0. The second-order valence-corrected chi connectivity index (χ2v) is 6.39. The molecule has 0 bridgehead atoms. The molecule has 1 aromatic rings. The van der Waals surface area contributed by atoms with Crippen molar-refractivity contribution in [2.24, 2.45) is 0 Å². The maximum absolute atomic E-state index is 12.3. The smallest absolute Gasteiger partial charge is 0.317 e. The van der Waals surface area contributed by atoms with Gasteiger partial charge in [0.15, 0.2) is 0 Å². The van der Waals surface area contributed by atoms with E-state index < -0.39 is 0 Å². The van der Waals surface area contributed by atoms with Crippen LogP contribution in [0.2, 0.25) is 0 Å². The number of hydrogen-bond donors (Lipinski definition) is 1. The van der Waals surface area contributed by atoms with E-state index in [2.05, 4.69) is 5.32 Å². The molecule has 1 N–H and O–H groups in total. The van der Waals surface area contributed by atoms with Gasteiger partial charge in [0, 0.05) is 19.1 Å². The van der Waals surface area contributed by atoms with Crippen molar-refractivity contribution < 1.29 is 9.53 Å². The number of likely N-dealkylation sites (N-methyl/N-ethyl adjacent to an activating group) is 1. The van der Waals surface area contributed by atoms with Gasteiger partial charge in [-0.1, -0.05) is 18.2 Å². The highest BCUT2D eigenvalue weighted by molar-refractivity contribution is 5.74. The van der Waals surface area contributed by atoms with Crippen molar-refractivity contribution in [3.05, 3.63) is 29.3 Å². The van der Waals surface area contributed by atoms with Crippen LogP contribution in [0, 0.1) is 13.8 Å². The quantitative estimate of drug-likeness (QED) is 0.800. The molecule has 0 heterocycles. The number of ether oxygens (including phenoxy) is 1. The van der Waals surface area contributed by atoms with Crippen LogP contribution in [-0.4, -0.2) is 62.2 Å². The lowest BCUT2D eigenvalue weighted by atomic mass is 10.1. The molecule has 5 nitrogen and oxygen atoms in total. The second kappa shape index (κ2) is 9.40. The highest BCUT2D eigenvalue weighted by Crippen LogP contribution is 2.22. The van der Waals surface area contributed by atoms with Crippen molar-refractivity contribution in [2.45, 2.75) is 33.7 Å². The van der Waals surface area contributed by atoms with E-state index in [1.807, 2.05) is 69.8 Å². The number of urea groups is 1. The van der Waals surface area contributed by atoms with Gasteiger partial charge in [-0.3, -0.25) is 0 Å². The van der Waals surface area contributed by atoms with Gasteiger partial charge in [0.25, 0.3) is 0 Å². The maximum atomic E-state index is 12.3. The first-order valence-corrected chi connectivity index (χ1v) is 8.21. The van der Waals surface area contributed by atoms with Crippen LogP contribution in [0.25, 0.3) is 0 Å². The molecule has 0 unspecified atom stereocenters. The molecule has 2 amide bonds. The first-order valence-electron chi connectivity index (χ1n) is 8.21. The van der Waals surface area contributed by atoms with Crippen LogP contribution in [0.15, 0.2) is 18.2 Å². The van der Waals surface area contributed by atoms with Crippen LogP contribution < -0.4 is 10.1 Å². The van der Waals surface area contributed by atoms with Gasteiger partial charge >= 0.3 is 6.03 Å². The van der Waals surface area contributed by atoms with Crippen LogP contribution >= 0.6 is 0 Å². The van der Waals surface area contributed by atoms with E-state index in [1.165, 1.54) is 0 Å². The molecule has 0 saturated carbocycles. The van der Waals surface area contributed by atoms with Crippen molar-refractivity contribution in [2.75, 3.05) is 40.3 Å². The van der Waals surface area contributed by atoms with Crippen molar-refractivity contribution in [1.82, 2.24) is 15.1 Å². The highest BCUT2D eigenvalue weighted by Gasteiger charge is 2.16. The number of nitrogens with one attached hydrogen (secondary N) is 1. The highest BCUT2D eigenvalue weighted by atomic mass is 16.5. The molecule has 0 aliphatic rings. The van der Waals surface area contributed by atoms with Gasteiger partial charge in [0.05, 0.1) is 6.54 Å². The molecular formula is C18H31N3O2. The standard InChI is InChI=1S/C18H31N3O2/c1-14(2)21(18(22)19-10-11-20(5)6)12-13-23-17-15(3)8-7-9-16(17)4/h7-9,14H,10-13H2,1-6H3,(H,19,22). The average Bonchev–Trinajstić information content (AvgIpc) is 2.45. The van der Waals surface area contributed by atoms with Crippen molar-refractivity contribution in [3.8, 4) is 5.75 Å². The van der Waals surface area contributed by atoms with E-state index >= 15 is 0 Å². The van der Waals surface area contributed by atoms with Gasteiger partial charge in [-0.25, -0.2) is 4.79 Å². The molecule has 5 heteroatoms. The van der Waals surface area contributed by atoms with E-state index in [9.17, 15) is 4.79 Å². The van der Waals surface area contributed by atoms with Gasteiger partial charge in [0.1, 0.15) is 12.4 Å². The molecule has 0 spiro atoms. The number of carbonyl (C=O) groups excluding carboxylic acids is 1. The number of para-hydroxylation sites is 1. The number of hydrogen-bond acceptors (Lipinski definition) is 3. The Morgan fingerprint density at radius 1 is 1.17 bits per heavy atom. The van der Waals surface area contributed by atoms with Crippen molar-refractivity contribution >= 4 is 6.03 Å². The molecule has 0 radical (unpaired) electrons. The molecule has 1 aromatic carbocycles. The average molecular weight is 321 g/mol. The lowest BCUT2D eigenvalue weighted by molar-refractivity contribution is 0.165. The Bertz CT molecular complexity index is 481. The van der Waals surface area contributed by atoms with Gasteiger partial charge in [-0.15, -0.1) is 0 Å². The zero-order chi connectivity index (χ0) is 17.4. The summed E-state index contributed by atoms with van der Waals surface area (Å²) >= 11 is 0. The zero-order valence-corrected chi connectivity index (χ0v) is 15.3. The third kappa shape index (κ3) is 6.48. The second-order valence-electron chi connectivity index (χ2n) is 6.39. The predicted molar refractivity (Wildman–Crippen MR) is 95.2 cm³/mol. The zero-order valence-electron chi connectivity index (χ0n) is 15.3. The number of aryl methyl sites for hydroxylation is 2. The number of nitrogens with zero attached hydrogens (tertiary/aromatic N) is 2. The Morgan fingerprint density at radius 3 is 2.30 bits per heavy atom. The van der Waals surface area contributed by atoms with Crippen LogP contribution in [0.4, 0.5) is 4.79 Å². The first-order chi connectivity index (χ1) is 10.8. The number of carbonyl (C=O) groups is 1. The summed E-state index contributed by atoms with van der Waals surface area (Å²) in [5.74, 6) is 0.921. The SMILES string of the molecule is Cc1cccc(C)c1OCCN(C(=O)NCCN(C)C)C(C)C. The summed E-state index contributed by atoms with van der Waals surface area (Å²) in [5, 5.41) is 2.96. The molecular weight excluding hydrogens is 290 g/mol. The summed E-state index contributed by atoms with van der Waals surface area (Å²) in [6.45, 7) is 10.6. The third-order valence-electron chi connectivity index (χ3n) is 3.71. The van der Waals surface area contributed by atoms with Crippen LogP contribution in [0.5, 0.6) is 5.75 Å². The summed E-state index contributed by atoms with van der Waals surface area (Å²) in [6, 6.07) is 6.20. The molecule has 0 atom stereocenters. The third-order valence-corrected chi connectivity index (χ3v) is 3.71. The van der Waals surface area contributed by atoms with E-state index in [0.29, 0.717) is 19.7 Å². The minimum atomic E-state index is -0.0352. The van der Waals surface area contributed by atoms with Gasteiger partial charge in [-0.05, 0) is 52.9 Å². The molecule has 0 aromatic heterocycles. The Morgan fingerprint density at radius 2 is 1.78 bits per heavy atom. The normalized spacial score (nSPS) is 11.0. The van der Waals surface area contributed by atoms with E-state index in [1.54, 1.807) is 0 Å². The molecule has 23 heavy (non-hydrogen) atoms. The lowest BCUT2D eigenvalue weighted by Crippen LogP contribution is -2.47. The van der Waals surface area contributed by atoms with E-state index in [-0.39, 0.29) is 12.1 Å². The number of rotatable bonds is 8. The fourth-order valence-corrected chi connectivity index (χ4v) is 2.36. The lowest BCUT2D eigenvalue weighted by Gasteiger charge is -2.27. The maximum Gasteiger partial charge on any atom is 0.317 e. The van der Waals surface area contributed by atoms with Crippen LogP contribution in [0.3, 0.4) is 0 Å². The Balaban J connectivity index is 2.52. The summed E-state index contributed by atoms with van der Waals surface area (Å²) < 4.78 is 5.91. The topological polar surface area (TPSA) is 44.8 Å². The Labute approximate surface area is 140 Å². The largest absolute Gasteiger partial charge is 0.491 e. The minimum Gasteiger partial charge on any atom is -0.491 e. The predicted octanol–water partition coefficient (Wildman–Crippen LogP) is 2.66. The number of amides is 2. The fourth-order valence-electron chi connectivity index (χ4n) is 2.36.